The molecule has 0 aliphatic rings. The van der Waals surface area contributed by atoms with Gasteiger partial charge >= 0.3 is 6.09 Å². The van der Waals surface area contributed by atoms with Crippen molar-refractivity contribution in [3.8, 4) is 6.07 Å². The minimum Gasteiger partial charge on any atom is -0.444 e. The smallest absolute Gasteiger partial charge is 0.408 e. The highest BCUT2D eigenvalue weighted by Crippen LogP contribution is 2.27. The number of aryl methyl sites for hydroxylation is 2. The number of carbonyl (C=O) groups is 3. The molecule has 0 heterocycles. The molecule has 8 nitrogen and oxygen atoms in total. The highest BCUT2D eigenvalue weighted by Gasteiger charge is 2.37. The Labute approximate surface area is 207 Å². The molecule has 0 aliphatic carbocycles. The van der Waals surface area contributed by atoms with Crippen LogP contribution in [0.3, 0.4) is 0 Å². The quantitative estimate of drug-likeness (QED) is 0.482. The minimum absolute atomic E-state index is 0.161. The number of nitriles is 1. The Bertz CT molecular complexity index is 905. The Kier molecular flexibility index (Phi) is 11.4. The summed E-state index contributed by atoms with van der Waals surface area (Å²) in [5.41, 5.74) is 1.66. The first-order valence-corrected chi connectivity index (χ1v) is 12.7. The second-order valence-electron chi connectivity index (χ2n) is 9.53. The van der Waals surface area contributed by atoms with Gasteiger partial charge in [-0.3, -0.25) is 9.59 Å². The van der Waals surface area contributed by atoms with E-state index in [-0.39, 0.29) is 18.5 Å². The Balaban J connectivity index is 3.48. The first-order chi connectivity index (χ1) is 15.8. The van der Waals surface area contributed by atoms with E-state index < -0.39 is 29.7 Å². The summed E-state index contributed by atoms with van der Waals surface area (Å²) in [6, 6.07) is 5.56. The number of nitrogens with zero attached hydrogens (tertiary/aromatic N) is 2. The van der Waals surface area contributed by atoms with Gasteiger partial charge in [0, 0.05) is 6.04 Å². The van der Waals surface area contributed by atoms with E-state index in [0.717, 1.165) is 11.1 Å². The standard InChI is InChI=1S/C25H38N4O4S/c1-16(2)27-22(30)21(19-15-17(3)9-10-18(19)4)29(13-12-26)23(31)20(11-14-34-8)28-24(32)33-25(5,6)7/h9-10,15-16,20-21H,11,13-14H2,1-8H3,(H,27,30)(H,28,32). The lowest BCUT2D eigenvalue weighted by molar-refractivity contribution is -0.142. The second-order valence-corrected chi connectivity index (χ2v) is 10.5. The fraction of sp³-hybridized carbons (Fsp3) is 0.600. The number of benzene rings is 1. The van der Waals surface area contributed by atoms with Crippen LogP contribution in [-0.2, 0) is 14.3 Å². The third-order valence-electron chi connectivity index (χ3n) is 4.84. The molecule has 0 fully saturated rings. The summed E-state index contributed by atoms with van der Waals surface area (Å²) in [5.74, 6) is -0.293. The zero-order valence-corrected chi connectivity index (χ0v) is 22.3. The van der Waals surface area contributed by atoms with Gasteiger partial charge < -0.3 is 20.3 Å². The number of hydrogen-bond acceptors (Lipinski definition) is 6. The molecule has 1 rings (SSSR count). The fourth-order valence-electron chi connectivity index (χ4n) is 3.38. The summed E-state index contributed by atoms with van der Waals surface area (Å²) >= 11 is 1.53. The fourth-order valence-corrected chi connectivity index (χ4v) is 3.86. The molecule has 2 N–H and O–H groups in total. The van der Waals surface area contributed by atoms with E-state index in [1.54, 1.807) is 20.8 Å². The van der Waals surface area contributed by atoms with E-state index in [2.05, 4.69) is 10.6 Å². The molecule has 1 aromatic rings. The summed E-state index contributed by atoms with van der Waals surface area (Å²) in [6.07, 6.45) is 1.50. The van der Waals surface area contributed by atoms with Crippen molar-refractivity contribution < 1.29 is 19.1 Å². The third-order valence-corrected chi connectivity index (χ3v) is 5.49. The molecule has 0 radical (unpaired) electrons. The van der Waals surface area contributed by atoms with Gasteiger partial charge in [-0.15, -0.1) is 0 Å². The van der Waals surface area contributed by atoms with Crippen LogP contribution in [0, 0.1) is 25.2 Å². The summed E-state index contributed by atoms with van der Waals surface area (Å²) in [5, 5.41) is 15.1. The van der Waals surface area contributed by atoms with Crippen LogP contribution in [0.2, 0.25) is 0 Å². The lowest BCUT2D eigenvalue weighted by atomic mass is 9.96. The van der Waals surface area contributed by atoms with Crippen molar-refractivity contribution in [2.75, 3.05) is 18.6 Å². The Hall–Kier alpha value is -2.73. The zero-order chi connectivity index (χ0) is 26.1. The highest BCUT2D eigenvalue weighted by molar-refractivity contribution is 7.98. The molecule has 34 heavy (non-hydrogen) atoms. The first-order valence-electron chi connectivity index (χ1n) is 11.3. The molecular formula is C25H38N4O4S. The van der Waals surface area contributed by atoms with Crippen LogP contribution < -0.4 is 10.6 Å². The summed E-state index contributed by atoms with van der Waals surface area (Å²) in [6.45, 7) is 12.3. The van der Waals surface area contributed by atoms with Crippen LogP contribution in [0.5, 0.6) is 0 Å². The van der Waals surface area contributed by atoms with Gasteiger partial charge in [0.05, 0.1) is 6.07 Å². The third kappa shape index (κ3) is 9.26. The molecule has 0 bridgehead atoms. The second kappa shape index (κ2) is 13.2. The Morgan fingerprint density at radius 2 is 1.82 bits per heavy atom. The maximum Gasteiger partial charge on any atom is 0.408 e. The lowest BCUT2D eigenvalue weighted by Crippen LogP contribution is -2.53. The van der Waals surface area contributed by atoms with Crippen LogP contribution >= 0.6 is 11.8 Å². The Morgan fingerprint density at radius 1 is 1.18 bits per heavy atom. The normalized spacial score (nSPS) is 12.9. The molecule has 0 aromatic heterocycles. The van der Waals surface area contributed by atoms with Crippen LogP contribution in [-0.4, -0.2) is 59.0 Å². The maximum atomic E-state index is 13.8. The lowest BCUT2D eigenvalue weighted by Gasteiger charge is -2.34. The molecule has 0 saturated heterocycles. The predicted molar refractivity (Wildman–Crippen MR) is 135 cm³/mol. The van der Waals surface area contributed by atoms with Crippen molar-refractivity contribution in [2.45, 2.75) is 78.6 Å². The van der Waals surface area contributed by atoms with Gasteiger partial charge in [-0.1, -0.05) is 23.8 Å². The maximum absolute atomic E-state index is 13.8. The van der Waals surface area contributed by atoms with Gasteiger partial charge in [-0.2, -0.15) is 17.0 Å². The zero-order valence-electron chi connectivity index (χ0n) is 21.5. The molecule has 2 atom stereocenters. The summed E-state index contributed by atoms with van der Waals surface area (Å²) < 4.78 is 5.35. The predicted octanol–water partition coefficient (Wildman–Crippen LogP) is 3.87. The molecule has 9 heteroatoms. The van der Waals surface area contributed by atoms with E-state index in [1.165, 1.54) is 16.7 Å². The van der Waals surface area contributed by atoms with Gasteiger partial charge in [-0.05, 0) is 78.0 Å². The van der Waals surface area contributed by atoms with Crippen molar-refractivity contribution in [1.29, 1.82) is 5.26 Å². The Morgan fingerprint density at radius 3 is 2.35 bits per heavy atom. The van der Waals surface area contributed by atoms with Crippen molar-refractivity contribution in [3.05, 3.63) is 34.9 Å². The van der Waals surface area contributed by atoms with Crippen molar-refractivity contribution in [1.82, 2.24) is 15.5 Å². The van der Waals surface area contributed by atoms with Crippen molar-refractivity contribution in [3.63, 3.8) is 0 Å². The SMILES string of the molecule is CSCCC(NC(=O)OC(C)(C)C)C(=O)N(CC#N)C(C(=O)NC(C)C)c1cc(C)ccc1C. The average Bonchev–Trinajstić information content (AvgIpc) is 2.70. The van der Waals surface area contributed by atoms with Gasteiger partial charge in [0.1, 0.15) is 24.2 Å². The van der Waals surface area contributed by atoms with Gasteiger partial charge in [0.15, 0.2) is 0 Å². The molecule has 188 valence electrons. The number of carbonyl (C=O) groups excluding carboxylic acids is 3. The van der Waals surface area contributed by atoms with Crippen LogP contribution in [0.15, 0.2) is 18.2 Å². The number of amides is 3. The van der Waals surface area contributed by atoms with Crippen molar-refractivity contribution >= 4 is 29.7 Å². The van der Waals surface area contributed by atoms with E-state index >= 15 is 0 Å². The highest BCUT2D eigenvalue weighted by atomic mass is 32.2. The molecule has 1 aromatic carbocycles. The van der Waals surface area contributed by atoms with Gasteiger partial charge in [0.25, 0.3) is 0 Å². The minimum atomic E-state index is -1.02. The average molecular weight is 491 g/mol. The molecule has 3 amide bonds. The molecule has 0 saturated carbocycles. The number of rotatable bonds is 10. The van der Waals surface area contributed by atoms with E-state index in [4.69, 9.17) is 4.74 Å². The number of ether oxygens (including phenoxy) is 1. The molecule has 0 spiro atoms. The monoisotopic (exact) mass is 490 g/mol. The summed E-state index contributed by atoms with van der Waals surface area (Å²) in [7, 11) is 0. The molecule has 2 unspecified atom stereocenters. The van der Waals surface area contributed by atoms with E-state index in [0.29, 0.717) is 17.7 Å². The summed E-state index contributed by atoms with van der Waals surface area (Å²) in [4.78, 5) is 40.8. The number of hydrogen-bond donors (Lipinski definition) is 2. The van der Waals surface area contributed by atoms with Gasteiger partial charge in [-0.25, -0.2) is 4.79 Å². The number of thioether (sulfide) groups is 1. The molecule has 0 aliphatic heterocycles. The van der Waals surface area contributed by atoms with Gasteiger partial charge in [0.2, 0.25) is 11.8 Å². The van der Waals surface area contributed by atoms with E-state index in [9.17, 15) is 19.6 Å². The number of nitrogens with one attached hydrogen (secondary N) is 2. The number of alkyl carbamates (subject to hydrolysis) is 1. The van der Waals surface area contributed by atoms with E-state index in [1.807, 2.05) is 58.2 Å². The molecular weight excluding hydrogens is 452 g/mol. The van der Waals surface area contributed by atoms with Crippen LogP contribution in [0.4, 0.5) is 4.79 Å². The first kappa shape index (κ1) is 29.3. The largest absolute Gasteiger partial charge is 0.444 e. The topological polar surface area (TPSA) is 112 Å². The van der Waals surface area contributed by atoms with Crippen molar-refractivity contribution in [2.24, 2.45) is 0 Å². The van der Waals surface area contributed by atoms with Crippen LogP contribution in [0.25, 0.3) is 0 Å². The van der Waals surface area contributed by atoms with Crippen LogP contribution in [0.1, 0.15) is 63.8 Å².